The van der Waals surface area contributed by atoms with Crippen LogP contribution in [0.25, 0.3) is 0 Å². The Morgan fingerprint density at radius 3 is 2.22 bits per heavy atom. The zero-order valence-electron chi connectivity index (χ0n) is 9.75. The molecule has 0 aliphatic heterocycles. The van der Waals surface area contributed by atoms with Gasteiger partial charge in [-0.25, -0.2) is 0 Å². The Labute approximate surface area is 101 Å². The second-order valence-electron chi connectivity index (χ2n) is 4.11. The van der Waals surface area contributed by atoms with E-state index in [9.17, 15) is 27.6 Å². The van der Waals surface area contributed by atoms with Gasteiger partial charge >= 0.3 is 12.1 Å². The Hall–Kier alpha value is -1.40. The van der Waals surface area contributed by atoms with Crippen LogP contribution in [0.4, 0.5) is 13.2 Å². The van der Waals surface area contributed by atoms with Crippen molar-refractivity contribution in [2.75, 3.05) is 6.61 Å². The average molecular weight is 266 g/mol. The number of rotatable bonds is 6. The lowest BCUT2D eigenvalue weighted by atomic mass is 9.94. The molecule has 0 aromatic rings. The zero-order chi connectivity index (χ0) is 13.9. The largest absolute Gasteiger partial charge is 0.465 e. The zero-order valence-corrected chi connectivity index (χ0v) is 9.75. The first kappa shape index (κ1) is 14.7. The quantitative estimate of drug-likeness (QED) is 0.542. The Kier molecular flexibility index (Phi) is 4.48. The number of hydrogen-bond donors (Lipinski definition) is 0. The van der Waals surface area contributed by atoms with Crippen molar-refractivity contribution >= 4 is 17.5 Å². The predicted octanol–water partition coefficient (Wildman–Crippen LogP) is 1.67. The lowest BCUT2D eigenvalue weighted by Gasteiger charge is -2.14. The van der Waals surface area contributed by atoms with Crippen LogP contribution in [0.15, 0.2) is 0 Å². The summed E-state index contributed by atoms with van der Waals surface area (Å²) in [5.41, 5.74) is 0. The predicted molar refractivity (Wildman–Crippen MR) is 53.5 cm³/mol. The van der Waals surface area contributed by atoms with Gasteiger partial charge in [0.1, 0.15) is 5.92 Å². The topological polar surface area (TPSA) is 60.4 Å². The number of carbonyl (C=O) groups excluding carboxylic acids is 3. The summed E-state index contributed by atoms with van der Waals surface area (Å²) in [5.74, 6) is -5.76. The molecule has 0 heterocycles. The van der Waals surface area contributed by atoms with Gasteiger partial charge < -0.3 is 4.74 Å². The first-order valence-corrected chi connectivity index (χ1v) is 5.57. The smallest absolute Gasteiger partial charge is 0.450 e. The van der Waals surface area contributed by atoms with Crippen LogP contribution in [-0.2, 0) is 19.1 Å². The molecule has 0 radical (unpaired) electrons. The van der Waals surface area contributed by atoms with Crippen molar-refractivity contribution in [1.82, 2.24) is 0 Å². The lowest BCUT2D eigenvalue weighted by Crippen LogP contribution is -2.34. The van der Waals surface area contributed by atoms with E-state index in [0.717, 1.165) is 0 Å². The average Bonchev–Trinajstić information content (AvgIpc) is 3.07. The van der Waals surface area contributed by atoms with E-state index in [-0.39, 0.29) is 6.61 Å². The van der Waals surface area contributed by atoms with E-state index in [2.05, 4.69) is 4.74 Å². The summed E-state index contributed by atoms with van der Waals surface area (Å²) in [7, 11) is 0. The Bertz CT molecular complexity index is 358. The third-order valence-electron chi connectivity index (χ3n) is 2.60. The standard InChI is InChI=1S/C11H13F3O4/c1-2-18-10(17)7(9(16)6-3-4-6)5-8(15)11(12,13)14/h6-7H,2-5H2,1H3. The number of carbonyl (C=O) groups is 3. The fourth-order valence-electron chi connectivity index (χ4n) is 1.50. The van der Waals surface area contributed by atoms with Gasteiger partial charge in [0.05, 0.1) is 6.61 Å². The minimum atomic E-state index is -5.03. The monoisotopic (exact) mass is 266 g/mol. The van der Waals surface area contributed by atoms with Gasteiger partial charge in [0.25, 0.3) is 0 Å². The van der Waals surface area contributed by atoms with Crippen molar-refractivity contribution in [2.24, 2.45) is 11.8 Å². The number of ether oxygens (including phenoxy) is 1. The van der Waals surface area contributed by atoms with Crippen LogP contribution in [0.3, 0.4) is 0 Å². The van der Waals surface area contributed by atoms with E-state index in [1.165, 1.54) is 6.92 Å². The maximum Gasteiger partial charge on any atom is 0.450 e. The van der Waals surface area contributed by atoms with Crippen molar-refractivity contribution in [3.63, 3.8) is 0 Å². The second kappa shape index (κ2) is 5.49. The number of ketones is 2. The molecule has 0 amide bonds. The van der Waals surface area contributed by atoms with E-state index >= 15 is 0 Å². The fraction of sp³-hybridized carbons (Fsp3) is 0.727. The normalized spacial score (nSPS) is 17.1. The highest BCUT2D eigenvalue weighted by Crippen LogP contribution is 2.34. The molecule has 0 N–H and O–H groups in total. The molecule has 0 spiro atoms. The highest BCUT2D eigenvalue weighted by molar-refractivity contribution is 6.04. The minimum Gasteiger partial charge on any atom is -0.465 e. The third kappa shape index (κ3) is 3.82. The number of Topliss-reactive ketones (excluding diaryl/α,β-unsaturated/α-hetero) is 2. The molecule has 0 saturated heterocycles. The van der Waals surface area contributed by atoms with Crippen LogP contribution in [-0.4, -0.2) is 30.3 Å². The number of alkyl halides is 3. The lowest BCUT2D eigenvalue weighted by molar-refractivity contribution is -0.174. The minimum absolute atomic E-state index is 0.0481. The van der Waals surface area contributed by atoms with Gasteiger partial charge in [-0.3, -0.25) is 14.4 Å². The van der Waals surface area contributed by atoms with Crippen LogP contribution < -0.4 is 0 Å². The van der Waals surface area contributed by atoms with E-state index in [0.29, 0.717) is 12.8 Å². The number of esters is 1. The number of hydrogen-bond acceptors (Lipinski definition) is 4. The molecule has 4 nitrogen and oxygen atoms in total. The highest BCUT2D eigenvalue weighted by atomic mass is 19.4. The SMILES string of the molecule is CCOC(=O)C(CC(=O)C(F)(F)F)C(=O)C1CC1. The van der Waals surface area contributed by atoms with Crippen LogP contribution in [0, 0.1) is 11.8 Å². The Morgan fingerprint density at radius 1 is 1.28 bits per heavy atom. The molecule has 0 bridgehead atoms. The van der Waals surface area contributed by atoms with E-state index in [1.807, 2.05) is 0 Å². The van der Waals surface area contributed by atoms with Crippen molar-refractivity contribution in [1.29, 1.82) is 0 Å². The van der Waals surface area contributed by atoms with Crippen LogP contribution >= 0.6 is 0 Å². The summed E-state index contributed by atoms with van der Waals surface area (Å²) in [4.78, 5) is 33.9. The van der Waals surface area contributed by atoms with Gasteiger partial charge in [0.2, 0.25) is 5.78 Å². The molecule has 1 rings (SSSR count). The third-order valence-corrected chi connectivity index (χ3v) is 2.60. The Balaban J connectivity index is 2.74. The second-order valence-corrected chi connectivity index (χ2v) is 4.11. The summed E-state index contributed by atoms with van der Waals surface area (Å²) in [6.45, 7) is 1.43. The highest BCUT2D eigenvalue weighted by Gasteiger charge is 2.45. The molecule has 0 aromatic heterocycles. The van der Waals surface area contributed by atoms with Crippen molar-refractivity contribution in [2.45, 2.75) is 32.4 Å². The molecule has 1 fully saturated rings. The van der Waals surface area contributed by atoms with Crippen molar-refractivity contribution in [3.8, 4) is 0 Å². The molecular weight excluding hydrogens is 253 g/mol. The molecule has 1 aliphatic carbocycles. The van der Waals surface area contributed by atoms with Gasteiger partial charge in [0, 0.05) is 12.3 Å². The van der Waals surface area contributed by atoms with E-state index in [4.69, 9.17) is 0 Å². The molecule has 1 aliphatic rings. The molecule has 102 valence electrons. The van der Waals surface area contributed by atoms with Crippen molar-refractivity contribution in [3.05, 3.63) is 0 Å². The van der Waals surface area contributed by atoms with Gasteiger partial charge in [-0.2, -0.15) is 13.2 Å². The summed E-state index contributed by atoms with van der Waals surface area (Å²) in [6.07, 6.45) is -5.09. The maximum atomic E-state index is 12.1. The molecule has 1 saturated carbocycles. The molecule has 7 heteroatoms. The summed E-state index contributed by atoms with van der Waals surface area (Å²) in [6, 6.07) is 0. The van der Waals surface area contributed by atoms with Gasteiger partial charge in [-0.05, 0) is 19.8 Å². The summed E-state index contributed by atoms with van der Waals surface area (Å²) < 4.78 is 40.9. The van der Waals surface area contributed by atoms with E-state index < -0.39 is 42.0 Å². The van der Waals surface area contributed by atoms with Gasteiger partial charge in [0.15, 0.2) is 5.78 Å². The van der Waals surface area contributed by atoms with Crippen molar-refractivity contribution < 1.29 is 32.3 Å². The molecule has 1 unspecified atom stereocenters. The number of halogens is 3. The van der Waals surface area contributed by atoms with Crippen LogP contribution in [0.2, 0.25) is 0 Å². The molecule has 18 heavy (non-hydrogen) atoms. The Morgan fingerprint density at radius 2 is 1.83 bits per heavy atom. The van der Waals surface area contributed by atoms with Gasteiger partial charge in [-0.15, -0.1) is 0 Å². The summed E-state index contributed by atoms with van der Waals surface area (Å²) in [5, 5.41) is 0. The first-order chi connectivity index (χ1) is 8.27. The summed E-state index contributed by atoms with van der Waals surface area (Å²) >= 11 is 0. The first-order valence-electron chi connectivity index (χ1n) is 5.57. The van der Waals surface area contributed by atoms with Gasteiger partial charge in [-0.1, -0.05) is 0 Å². The van der Waals surface area contributed by atoms with Crippen LogP contribution in [0.1, 0.15) is 26.2 Å². The van der Waals surface area contributed by atoms with E-state index in [1.54, 1.807) is 0 Å². The van der Waals surface area contributed by atoms with Crippen LogP contribution in [0.5, 0.6) is 0 Å². The molecule has 1 atom stereocenters. The fourth-order valence-corrected chi connectivity index (χ4v) is 1.50. The molecular formula is C11H13F3O4. The maximum absolute atomic E-state index is 12.1. The molecule has 0 aromatic carbocycles.